The van der Waals surface area contributed by atoms with Crippen molar-refractivity contribution >= 4 is 39.0 Å². The molecule has 4 rings (SSSR count). The first-order valence-electron chi connectivity index (χ1n) is 8.89. The molecule has 1 N–H and O–H groups in total. The summed E-state index contributed by atoms with van der Waals surface area (Å²) in [7, 11) is -1.03. The van der Waals surface area contributed by atoms with Crippen LogP contribution in [0.5, 0.6) is 0 Å². The molecule has 0 bridgehead atoms. The molecule has 1 atom stereocenters. The summed E-state index contributed by atoms with van der Waals surface area (Å²) in [6.07, 6.45) is 2.72. The fourth-order valence-electron chi connectivity index (χ4n) is 3.54. The Kier molecular flexibility index (Phi) is 4.40. The van der Waals surface area contributed by atoms with Crippen molar-refractivity contribution in [3.05, 3.63) is 59.3 Å². The van der Waals surface area contributed by atoms with Gasteiger partial charge in [0, 0.05) is 33.2 Å². The van der Waals surface area contributed by atoms with E-state index in [-0.39, 0.29) is 0 Å². The zero-order chi connectivity index (χ0) is 19.1. The summed E-state index contributed by atoms with van der Waals surface area (Å²) < 4.78 is 12.3. The van der Waals surface area contributed by atoms with Crippen LogP contribution in [0.4, 0.5) is 0 Å². The lowest BCUT2D eigenvalue weighted by molar-refractivity contribution is 0.112. The first kappa shape index (κ1) is 17.6. The van der Waals surface area contributed by atoms with Gasteiger partial charge in [0.1, 0.15) is 11.9 Å². The average molecular weight is 376 g/mol. The number of aromatic amines is 1. The molecule has 0 radical (unpaired) electrons. The molecule has 0 aliphatic heterocycles. The third-order valence-corrected chi connectivity index (χ3v) is 6.27. The van der Waals surface area contributed by atoms with Crippen molar-refractivity contribution in [2.24, 2.45) is 0 Å². The molecule has 0 spiro atoms. The van der Waals surface area contributed by atoms with Crippen molar-refractivity contribution in [3.8, 4) is 11.1 Å². The van der Waals surface area contributed by atoms with E-state index in [0.717, 1.165) is 55.4 Å². The van der Waals surface area contributed by atoms with Crippen molar-refractivity contribution in [1.82, 2.24) is 9.97 Å². The minimum Gasteiger partial charge on any atom is -0.339 e. The highest BCUT2D eigenvalue weighted by molar-refractivity contribution is 7.85. The van der Waals surface area contributed by atoms with Crippen LogP contribution in [0.15, 0.2) is 47.5 Å². The second-order valence-corrected chi connectivity index (χ2v) is 8.44. The standard InChI is InChI=1S/C22H20N2O2S/c1-4-27(26)17-7-5-6-15(9-17)18-10-16(12-25)14(3)21-20(18)19-8-13(2)11-23-22(19)24-21/h5-12H,4H2,1-3H3,(H,23,24). The van der Waals surface area contributed by atoms with Crippen molar-refractivity contribution in [2.45, 2.75) is 25.7 Å². The highest BCUT2D eigenvalue weighted by Crippen LogP contribution is 2.37. The van der Waals surface area contributed by atoms with E-state index < -0.39 is 10.8 Å². The van der Waals surface area contributed by atoms with Crippen LogP contribution < -0.4 is 0 Å². The molecule has 0 amide bonds. The molecule has 0 fully saturated rings. The number of aldehydes is 1. The zero-order valence-electron chi connectivity index (χ0n) is 15.5. The predicted molar refractivity (Wildman–Crippen MR) is 111 cm³/mol. The number of nitrogens with one attached hydrogen (secondary N) is 1. The number of carbonyl (C=O) groups is 1. The van der Waals surface area contributed by atoms with Crippen LogP contribution in [0.25, 0.3) is 33.1 Å². The van der Waals surface area contributed by atoms with Crippen LogP contribution >= 0.6 is 0 Å². The molecule has 0 aliphatic rings. The summed E-state index contributed by atoms with van der Waals surface area (Å²) in [6, 6.07) is 11.8. The third-order valence-electron chi connectivity index (χ3n) is 4.96. The van der Waals surface area contributed by atoms with Crippen LogP contribution in [-0.4, -0.2) is 26.2 Å². The molecule has 4 aromatic rings. The number of carbonyl (C=O) groups excluding carboxylic acids is 1. The summed E-state index contributed by atoms with van der Waals surface area (Å²) in [5.74, 6) is 0.572. The molecule has 0 saturated carbocycles. The van der Waals surface area contributed by atoms with Gasteiger partial charge < -0.3 is 4.98 Å². The van der Waals surface area contributed by atoms with Gasteiger partial charge in [-0.1, -0.05) is 19.1 Å². The number of rotatable bonds is 4. The van der Waals surface area contributed by atoms with Crippen molar-refractivity contribution in [2.75, 3.05) is 5.75 Å². The number of hydrogen-bond donors (Lipinski definition) is 1. The smallest absolute Gasteiger partial charge is 0.150 e. The summed E-state index contributed by atoms with van der Waals surface area (Å²) in [6.45, 7) is 5.87. The van der Waals surface area contributed by atoms with Gasteiger partial charge in [0.05, 0.1) is 16.3 Å². The average Bonchev–Trinajstić information content (AvgIpc) is 3.07. The Labute approximate surface area is 160 Å². The lowest BCUT2D eigenvalue weighted by atomic mass is 9.94. The van der Waals surface area contributed by atoms with E-state index in [1.165, 1.54) is 0 Å². The topological polar surface area (TPSA) is 62.8 Å². The van der Waals surface area contributed by atoms with Gasteiger partial charge >= 0.3 is 0 Å². The largest absolute Gasteiger partial charge is 0.339 e. The van der Waals surface area contributed by atoms with Crippen molar-refractivity contribution in [3.63, 3.8) is 0 Å². The van der Waals surface area contributed by atoms with Crippen molar-refractivity contribution in [1.29, 1.82) is 0 Å². The molecule has 2 aromatic heterocycles. The normalized spacial score (nSPS) is 12.6. The van der Waals surface area contributed by atoms with E-state index in [2.05, 4.69) is 16.0 Å². The molecule has 4 nitrogen and oxygen atoms in total. The molecule has 5 heteroatoms. The van der Waals surface area contributed by atoms with E-state index in [9.17, 15) is 9.00 Å². The highest BCUT2D eigenvalue weighted by Gasteiger charge is 2.17. The maximum Gasteiger partial charge on any atom is 0.150 e. The summed E-state index contributed by atoms with van der Waals surface area (Å²) in [5, 5.41) is 2.08. The SMILES string of the molecule is CCS(=O)c1cccc(-c2cc(C=O)c(C)c3[nH]c4ncc(C)cc4c23)c1. The molecular formula is C22H20N2O2S. The minimum atomic E-state index is -1.03. The first-order chi connectivity index (χ1) is 13.0. The molecule has 2 heterocycles. The van der Waals surface area contributed by atoms with Crippen LogP contribution in [0.2, 0.25) is 0 Å². The molecule has 136 valence electrons. The van der Waals surface area contributed by atoms with E-state index in [4.69, 9.17) is 0 Å². The Morgan fingerprint density at radius 3 is 2.74 bits per heavy atom. The number of pyridine rings is 1. The van der Waals surface area contributed by atoms with E-state index in [0.29, 0.717) is 11.3 Å². The van der Waals surface area contributed by atoms with Crippen LogP contribution in [0, 0.1) is 13.8 Å². The Morgan fingerprint density at radius 2 is 2.00 bits per heavy atom. The van der Waals surface area contributed by atoms with Gasteiger partial charge in [0.2, 0.25) is 0 Å². The second-order valence-electron chi connectivity index (χ2n) is 6.70. The molecule has 27 heavy (non-hydrogen) atoms. The molecule has 1 unspecified atom stereocenters. The van der Waals surface area contributed by atoms with Crippen LogP contribution in [0.1, 0.15) is 28.4 Å². The maximum absolute atomic E-state index is 12.3. The maximum atomic E-state index is 12.3. The molecule has 0 saturated heterocycles. The van der Waals surface area contributed by atoms with Gasteiger partial charge in [-0.25, -0.2) is 4.98 Å². The number of nitrogens with zero attached hydrogens (tertiary/aromatic N) is 1. The number of H-pyrrole nitrogens is 1. The third kappa shape index (κ3) is 2.88. The van der Waals surface area contributed by atoms with Crippen LogP contribution in [0.3, 0.4) is 0 Å². The van der Waals surface area contributed by atoms with E-state index in [1.807, 2.05) is 57.3 Å². The molecule has 2 aromatic carbocycles. The van der Waals surface area contributed by atoms with Gasteiger partial charge in [-0.2, -0.15) is 0 Å². The lowest BCUT2D eigenvalue weighted by Gasteiger charge is -2.10. The Hall–Kier alpha value is -2.79. The summed E-state index contributed by atoms with van der Waals surface area (Å²) in [4.78, 5) is 20.4. The first-order valence-corrected chi connectivity index (χ1v) is 10.2. The second kappa shape index (κ2) is 6.74. The monoisotopic (exact) mass is 376 g/mol. The Bertz CT molecular complexity index is 1220. The fraction of sp³-hybridized carbons (Fsp3) is 0.182. The Balaban J connectivity index is 2.12. The number of aromatic nitrogens is 2. The lowest BCUT2D eigenvalue weighted by Crippen LogP contribution is -1.95. The number of hydrogen-bond acceptors (Lipinski definition) is 3. The quantitative estimate of drug-likeness (QED) is 0.513. The minimum absolute atomic E-state index is 0.572. The number of fused-ring (bicyclic) bond motifs is 3. The summed E-state index contributed by atoms with van der Waals surface area (Å²) in [5.41, 5.74) is 6.25. The van der Waals surface area contributed by atoms with Gasteiger partial charge in [-0.3, -0.25) is 9.00 Å². The number of benzene rings is 2. The van der Waals surface area contributed by atoms with E-state index in [1.54, 1.807) is 0 Å². The van der Waals surface area contributed by atoms with Gasteiger partial charge in [-0.05, 0) is 60.4 Å². The van der Waals surface area contributed by atoms with Gasteiger partial charge in [0.25, 0.3) is 0 Å². The zero-order valence-corrected chi connectivity index (χ0v) is 16.3. The molecule has 0 aliphatic carbocycles. The highest BCUT2D eigenvalue weighted by atomic mass is 32.2. The summed E-state index contributed by atoms with van der Waals surface area (Å²) >= 11 is 0. The fourth-order valence-corrected chi connectivity index (χ4v) is 4.36. The van der Waals surface area contributed by atoms with Crippen molar-refractivity contribution < 1.29 is 9.00 Å². The van der Waals surface area contributed by atoms with E-state index >= 15 is 0 Å². The Morgan fingerprint density at radius 1 is 1.19 bits per heavy atom. The number of aryl methyl sites for hydroxylation is 2. The predicted octanol–water partition coefficient (Wildman–Crippen LogP) is 4.94. The van der Waals surface area contributed by atoms with Gasteiger partial charge in [0.15, 0.2) is 0 Å². The molecular weight excluding hydrogens is 356 g/mol. The van der Waals surface area contributed by atoms with Crippen LogP contribution in [-0.2, 0) is 10.8 Å². The van der Waals surface area contributed by atoms with Gasteiger partial charge in [-0.15, -0.1) is 0 Å².